The molecule has 5 atom stereocenters. The monoisotopic (exact) mass is 1540 g/mol. The normalized spacial score (nSPS) is 13.8. The first-order valence-electron chi connectivity index (χ1n) is 44.6. The first-order valence-corrected chi connectivity index (χ1v) is 47.6. The van der Waals surface area contributed by atoms with Crippen molar-refractivity contribution in [2.45, 2.75) is 483 Å². The molecule has 0 spiro atoms. The van der Waals surface area contributed by atoms with Crippen LogP contribution in [0.4, 0.5) is 0 Å². The zero-order chi connectivity index (χ0) is 76.9. The van der Waals surface area contributed by atoms with Crippen molar-refractivity contribution in [3.05, 3.63) is 0 Å². The topological polar surface area (TPSA) is 237 Å². The summed E-state index contributed by atoms with van der Waals surface area (Å²) >= 11 is 0. The maximum atomic E-state index is 13.1. The van der Waals surface area contributed by atoms with Gasteiger partial charge in [-0.15, -0.1) is 0 Å². The van der Waals surface area contributed by atoms with Crippen molar-refractivity contribution >= 4 is 39.5 Å². The van der Waals surface area contributed by atoms with Gasteiger partial charge in [-0.2, -0.15) is 0 Å². The number of ether oxygens (including phenoxy) is 4. The van der Waals surface area contributed by atoms with E-state index in [0.717, 1.165) is 96.3 Å². The van der Waals surface area contributed by atoms with Crippen LogP contribution in [0.3, 0.4) is 0 Å². The maximum Gasteiger partial charge on any atom is 0.472 e. The summed E-state index contributed by atoms with van der Waals surface area (Å²) in [6.07, 6.45) is 72.5. The van der Waals surface area contributed by atoms with Crippen LogP contribution in [0.2, 0.25) is 0 Å². The number of phosphoric acid groups is 2. The Labute approximate surface area is 645 Å². The Balaban J connectivity index is 5.20. The van der Waals surface area contributed by atoms with Gasteiger partial charge in [-0.05, 0) is 31.6 Å². The molecule has 3 N–H and O–H groups in total. The molecule has 0 rings (SSSR count). The Kier molecular flexibility index (Phi) is 77.3. The van der Waals surface area contributed by atoms with Crippen molar-refractivity contribution in [3.63, 3.8) is 0 Å². The average Bonchev–Trinajstić information content (AvgIpc) is 0.911. The molecule has 0 aliphatic heterocycles. The second kappa shape index (κ2) is 78.7. The summed E-state index contributed by atoms with van der Waals surface area (Å²) in [5, 5.41) is 10.7. The van der Waals surface area contributed by atoms with Crippen molar-refractivity contribution < 1.29 is 80.2 Å². The molecular weight excluding hydrogens is 1370 g/mol. The fraction of sp³-hybridized carbons (Fsp3) is 0.953. The smallest absolute Gasteiger partial charge is 0.462 e. The number of unbranched alkanes of at least 4 members (excludes halogenated alkanes) is 58. The fourth-order valence-electron chi connectivity index (χ4n) is 13.5. The summed E-state index contributed by atoms with van der Waals surface area (Å²) in [5.74, 6) is -1.40. The SMILES string of the molecule is CCCCCCCCCCCCCCCCCCCCCCCCC(=O)O[C@H](COC(=O)CCCCCCCCCCCCCCCCCCCCCC)COP(=O)(O)OC[C@@H](O)COP(=O)(O)OC[C@@H](COC(=O)CCCCCCCCCC(C)C)OC(=O)CCCCCCCCCCCCCCC. The number of phosphoric ester groups is 2. The maximum absolute atomic E-state index is 13.1. The number of rotatable bonds is 86. The summed E-state index contributed by atoms with van der Waals surface area (Å²) in [4.78, 5) is 73.2. The Bertz CT molecular complexity index is 2000. The number of aliphatic hydroxyl groups is 1. The molecule has 0 fully saturated rings. The third kappa shape index (κ3) is 79.9. The molecule has 0 aromatic rings. The molecule has 105 heavy (non-hydrogen) atoms. The van der Waals surface area contributed by atoms with Crippen LogP contribution in [-0.4, -0.2) is 96.7 Å². The van der Waals surface area contributed by atoms with E-state index in [1.54, 1.807) is 0 Å². The van der Waals surface area contributed by atoms with Gasteiger partial charge < -0.3 is 33.8 Å². The van der Waals surface area contributed by atoms with E-state index in [-0.39, 0.29) is 25.7 Å². The number of hydrogen-bond acceptors (Lipinski definition) is 15. The second-order valence-electron chi connectivity index (χ2n) is 31.4. The van der Waals surface area contributed by atoms with Gasteiger partial charge in [0.15, 0.2) is 12.2 Å². The second-order valence-corrected chi connectivity index (χ2v) is 34.3. The van der Waals surface area contributed by atoms with Crippen LogP contribution >= 0.6 is 15.6 Å². The molecule has 0 aliphatic carbocycles. The van der Waals surface area contributed by atoms with E-state index in [1.807, 2.05) is 0 Å². The minimum absolute atomic E-state index is 0.107. The van der Waals surface area contributed by atoms with Crippen molar-refractivity contribution in [1.29, 1.82) is 0 Å². The number of carbonyl (C=O) groups is 4. The lowest BCUT2D eigenvalue weighted by Gasteiger charge is -2.21. The summed E-state index contributed by atoms with van der Waals surface area (Å²) in [5.41, 5.74) is 0. The zero-order valence-corrected chi connectivity index (χ0v) is 70.7. The summed E-state index contributed by atoms with van der Waals surface area (Å²) in [6, 6.07) is 0. The first kappa shape index (κ1) is 103. The van der Waals surface area contributed by atoms with Crippen LogP contribution in [0, 0.1) is 5.92 Å². The van der Waals surface area contributed by atoms with Gasteiger partial charge in [-0.1, -0.05) is 413 Å². The summed E-state index contributed by atoms with van der Waals surface area (Å²) in [6.45, 7) is 7.30. The molecule has 2 unspecified atom stereocenters. The van der Waals surface area contributed by atoms with Gasteiger partial charge in [0, 0.05) is 25.7 Å². The molecule has 0 aromatic carbocycles. The fourth-order valence-corrected chi connectivity index (χ4v) is 15.1. The van der Waals surface area contributed by atoms with E-state index in [2.05, 4.69) is 34.6 Å². The lowest BCUT2D eigenvalue weighted by Crippen LogP contribution is -2.30. The largest absolute Gasteiger partial charge is 0.472 e. The Morgan fingerprint density at radius 2 is 0.438 bits per heavy atom. The third-order valence-electron chi connectivity index (χ3n) is 20.3. The molecule has 624 valence electrons. The first-order chi connectivity index (χ1) is 51.0. The standard InChI is InChI=1S/C86H168O17P2/c1-6-9-12-15-18-21-24-27-29-31-33-35-36-38-40-42-45-48-51-56-62-67-72-86(91)102-81(75-96-83(88)69-64-59-54-49-46-44-41-39-37-34-32-30-28-25-22-19-16-13-10-7-2)77-100-104(92,93)98-73-80(87)74-99-105(94,95)101-78-82(76-97-84(89)70-65-60-57-52-53-58-63-68-79(4)5)103-85(90)71-66-61-55-50-47-43-26-23-20-17-14-11-8-3/h79-82,87H,6-78H2,1-5H3,(H,92,93)(H,94,95)/t80-,81-,82-/m1/s1. The average molecular weight is 1540 g/mol. The van der Waals surface area contributed by atoms with E-state index in [9.17, 15) is 43.2 Å². The Morgan fingerprint density at radius 3 is 0.648 bits per heavy atom. The molecular formula is C86H168O17P2. The molecule has 0 saturated heterocycles. The van der Waals surface area contributed by atoms with Gasteiger partial charge in [0.1, 0.15) is 19.3 Å². The highest BCUT2D eigenvalue weighted by Gasteiger charge is 2.30. The molecule has 0 heterocycles. The summed E-state index contributed by atoms with van der Waals surface area (Å²) in [7, 11) is -9.92. The van der Waals surface area contributed by atoms with E-state index < -0.39 is 97.5 Å². The van der Waals surface area contributed by atoms with Gasteiger partial charge in [-0.3, -0.25) is 37.3 Å². The van der Waals surface area contributed by atoms with Crippen molar-refractivity contribution in [2.75, 3.05) is 39.6 Å². The van der Waals surface area contributed by atoms with Gasteiger partial charge in [0.2, 0.25) is 0 Å². The molecule has 0 aromatic heterocycles. The van der Waals surface area contributed by atoms with Crippen molar-refractivity contribution in [2.24, 2.45) is 5.92 Å². The number of aliphatic hydroxyl groups excluding tert-OH is 1. The molecule has 0 saturated carbocycles. The minimum Gasteiger partial charge on any atom is -0.462 e. The van der Waals surface area contributed by atoms with Gasteiger partial charge in [0.05, 0.1) is 26.4 Å². The number of hydrogen-bond donors (Lipinski definition) is 3. The molecule has 0 bridgehead atoms. The van der Waals surface area contributed by atoms with Crippen LogP contribution in [0.5, 0.6) is 0 Å². The molecule has 0 radical (unpaired) electrons. The Hall–Kier alpha value is -1.94. The summed E-state index contributed by atoms with van der Waals surface area (Å²) < 4.78 is 68.8. The zero-order valence-electron chi connectivity index (χ0n) is 68.9. The van der Waals surface area contributed by atoms with Crippen LogP contribution in [-0.2, 0) is 65.4 Å². The number of esters is 4. The molecule has 17 nitrogen and oxygen atoms in total. The quantitative estimate of drug-likeness (QED) is 0.0222. The minimum atomic E-state index is -4.97. The van der Waals surface area contributed by atoms with E-state index in [4.69, 9.17) is 37.0 Å². The van der Waals surface area contributed by atoms with Crippen molar-refractivity contribution in [1.82, 2.24) is 0 Å². The highest BCUT2D eigenvalue weighted by atomic mass is 31.2. The molecule has 0 amide bonds. The van der Waals surface area contributed by atoms with E-state index in [1.165, 1.54) is 283 Å². The third-order valence-corrected chi connectivity index (χ3v) is 22.2. The highest BCUT2D eigenvalue weighted by Crippen LogP contribution is 2.45. The highest BCUT2D eigenvalue weighted by molar-refractivity contribution is 7.47. The lowest BCUT2D eigenvalue weighted by atomic mass is 10.0. The van der Waals surface area contributed by atoms with Crippen LogP contribution in [0.15, 0.2) is 0 Å². The van der Waals surface area contributed by atoms with Gasteiger partial charge in [0.25, 0.3) is 0 Å². The van der Waals surface area contributed by atoms with Crippen molar-refractivity contribution in [3.8, 4) is 0 Å². The van der Waals surface area contributed by atoms with Crippen LogP contribution in [0.1, 0.15) is 465 Å². The predicted molar refractivity (Wildman–Crippen MR) is 432 cm³/mol. The van der Waals surface area contributed by atoms with Gasteiger partial charge in [-0.25, -0.2) is 9.13 Å². The van der Waals surface area contributed by atoms with E-state index >= 15 is 0 Å². The van der Waals surface area contributed by atoms with Crippen LogP contribution < -0.4 is 0 Å². The lowest BCUT2D eigenvalue weighted by molar-refractivity contribution is -0.161. The Morgan fingerprint density at radius 1 is 0.257 bits per heavy atom. The van der Waals surface area contributed by atoms with Gasteiger partial charge >= 0.3 is 39.5 Å². The van der Waals surface area contributed by atoms with Crippen LogP contribution in [0.25, 0.3) is 0 Å². The molecule has 0 aliphatic rings. The predicted octanol–water partition coefficient (Wildman–Crippen LogP) is 26.4. The molecule has 19 heteroatoms. The number of carbonyl (C=O) groups excluding carboxylic acids is 4. The van der Waals surface area contributed by atoms with E-state index in [0.29, 0.717) is 31.6 Å².